The summed E-state index contributed by atoms with van der Waals surface area (Å²) in [6, 6.07) is -2.20. The second kappa shape index (κ2) is 24.6. The molecule has 1 aromatic carbocycles. The summed E-state index contributed by atoms with van der Waals surface area (Å²) in [6.07, 6.45) is 3.73. The van der Waals surface area contributed by atoms with Gasteiger partial charge >= 0.3 is 17.7 Å². The van der Waals surface area contributed by atoms with Gasteiger partial charge in [-0.05, 0) is 38.7 Å². The number of hydrogen-bond donors (Lipinski definition) is 8. The molecule has 4 aliphatic heterocycles. The molecule has 5 bridgehead atoms. The summed E-state index contributed by atoms with van der Waals surface area (Å²) in [4.78, 5) is 111. The number of aliphatic hydroxyl groups is 1. The van der Waals surface area contributed by atoms with E-state index in [0.717, 1.165) is 11.4 Å². The van der Waals surface area contributed by atoms with E-state index in [2.05, 4.69) is 40.0 Å². The summed E-state index contributed by atoms with van der Waals surface area (Å²) in [5.74, 6) is -11.1. The van der Waals surface area contributed by atoms with Crippen LogP contribution in [-0.2, 0) is 47.7 Å². The number of carbonyl (C=O) groups excluding carboxylic acids is 8. The Morgan fingerprint density at radius 1 is 0.987 bits per heavy atom. The summed E-state index contributed by atoms with van der Waals surface area (Å²) >= 11 is 0. The van der Waals surface area contributed by atoms with Gasteiger partial charge in [0.15, 0.2) is 0 Å². The van der Waals surface area contributed by atoms with Crippen LogP contribution >= 0.6 is 0 Å². The number of benzene rings is 1. The van der Waals surface area contributed by atoms with Crippen molar-refractivity contribution in [1.82, 2.24) is 31.1 Å². The Morgan fingerprint density at radius 3 is 2.26 bits per heavy atom. The van der Waals surface area contributed by atoms with Gasteiger partial charge in [-0.1, -0.05) is 59.8 Å². The third kappa shape index (κ3) is 12.9. The Morgan fingerprint density at radius 2 is 1.64 bits per heavy atom. The van der Waals surface area contributed by atoms with Gasteiger partial charge in [-0.25, -0.2) is 0 Å². The van der Waals surface area contributed by atoms with Gasteiger partial charge < -0.3 is 71.1 Å². The summed E-state index contributed by atoms with van der Waals surface area (Å²) in [7, 11) is 2.72. The second-order valence-electron chi connectivity index (χ2n) is 22.0. The number of Topliss-reactive ketones (excluding diaryl/α,β-unsaturated/α-hetero) is 2. The number of fused-ring (bicyclic) bond motifs is 3. The van der Waals surface area contributed by atoms with Crippen LogP contribution in [0.5, 0.6) is 11.5 Å². The number of rotatable bonds is 12. The van der Waals surface area contributed by atoms with E-state index in [1.807, 2.05) is 0 Å². The molecule has 1 aromatic rings. The minimum absolute atomic E-state index is 0.0189. The van der Waals surface area contributed by atoms with E-state index >= 15 is 0 Å². The van der Waals surface area contributed by atoms with Crippen molar-refractivity contribution in [2.45, 2.75) is 136 Å². The van der Waals surface area contributed by atoms with Crippen LogP contribution in [0.2, 0.25) is 0 Å². The lowest BCUT2D eigenvalue weighted by Crippen LogP contribution is -2.56. The number of hydrogen-bond acceptors (Lipinski definition) is 19. The predicted molar refractivity (Wildman–Crippen MR) is 282 cm³/mol. The minimum atomic E-state index is -2.03. The Bertz CT molecular complexity index is 2680. The number of ketones is 2. The normalized spacial score (nSPS) is 30.2. The topological polar surface area (TPSA) is 330 Å². The number of aromatic hydroxyl groups is 1. The molecule has 5 aliphatic rings. The summed E-state index contributed by atoms with van der Waals surface area (Å²) in [5.41, 5.74) is 10.5. The van der Waals surface area contributed by atoms with Gasteiger partial charge in [0.05, 0.1) is 66.0 Å². The van der Waals surface area contributed by atoms with Gasteiger partial charge in [-0.15, -0.1) is 0 Å². The monoisotopic (exact) mass is 1090 g/mol. The lowest BCUT2D eigenvalue weighted by molar-refractivity contribution is -0.166. The molecule has 23 nitrogen and oxygen atoms in total. The van der Waals surface area contributed by atoms with E-state index in [9.17, 15) is 48.6 Å². The van der Waals surface area contributed by atoms with Gasteiger partial charge in [-0.3, -0.25) is 43.7 Å². The highest BCUT2D eigenvalue weighted by Crippen LogP contribution is 2.53. The van der Waals surface area contributed by atoms with Crippen molar-refractivity contribution in [3.63, 3.8) is 0 Å². The molecule has 10 N–H and O–H groups in total. The van der Waals surface area contributed by atoms with Crippen LogP contribution in [0.3, 0.4) is 0 Å². The van der Waals surface area contributed by atoms with E-state index in [1.54, 1.807) is 39.8 Å². The molecule has 0 aromatic heterocycles. The highest BCUT2D eigenvalue weighted by atomic mass is 16.7. The lowest BCUT2D eigenvalue weighted by atomic mass is 9.78. The quantitative estimate of drug-likeness (QED) is 0.138. The van der Waals surface area contributed by atoms with Gasteiger partial charge in [-0.2, -0.15) is 0 Å². The SMILES string of the molecule is CO[C@H]1/C=C/O[C@@]2(C)Oc3c(C)c(O)c4c(c3C2=O)C2NC3(CCN(CC(C)C)CC3)NC2=C(NC(=O)/C(C)=C\C=C\[C@H](C)[C@H](OC(=O)CN(C)C(=O)CNC(=O)[C@@H](N)CC(N)=O)[C@@H](C)[C@@H](O)[C@@H](C)[C@H](OC(C)=O)[C@@H]1C)C4=O. The fourth-order valence-electron chi connectivity index (χ4n) is 11.0. The minimum Gasteiger partial charge on any atom is -0.507 e. The number of nitrogens with one attached hydrogen (secondary N) is 4. The average Bonchev–Trinajstić information content (AvgIpc) is 3.87. The number of likely N-dealkylation sites (N-methyl/N-ethyl adjacent to an activating group) is 1. The first-order valence-electron chi connectivity index (χ1n) is 26.4. The molecule has 1 aliphatic carbocycles. The smallest absolute Gasteiger partial charge is 0.325 e. The van der Waals surface area contributed by atoms with Crippen LogP contribution in [0, 0.1) is 36.5 Å². The second-order valence-corrected chi connectivity index (χ2v) is 22.0. The van der Waals surface area contributed by atoms with Gasteiger partial charge in [0.2, 0.25) is 23.5 Å². The number of nitrogens with two attached hydrogens (primary N) is 2. The van der Waals surface area contributed by atoms with E-state index in [0.29, 0.717) is 37.5 Å². The first-order chi connectivity index (χ1) is 36.5. The number of phenolic OH excluding ortho intramolecular Hbond substituents is 1. The largest absolute Gasteiger partial charge is 0.507 e. The number of amides is 4. The highest BCUT2D eigenvalue weighted by Gasteiger charge is 2.56. The number of aliphatic hydroxyl groups excluding tert-OH is 1. The van der Waals surface area contributed by atoms with E-state index in [4.69, 9.17) is 35.2 Å². The molecule has 1 spiro atoms. The number of piperidine rings is 1. The molecule has 78 heavy (non-hydrogen) atoms. The molecule has 4 amide bonds. The Labute approximate surface area is 454 Å². The van der Waals surface area contributed by atoms with Crippen LogP contribution in [0.4, 0.5) is 0 Å². The fraction of sp³-hybridized carbons (Fsp3) is 0.600. The zero-order valence-corrected chi connectivity index (χ0v) is 46.6. The number of esters is 2. The van der Waals surface area contributed by atoms with Crippen molar-refractivity contribution < 1.29 is 72.3 Å². The van der Waals surface area contributed by atoms with Crippen molar-refractivity contribution in [3.8, 4) is 11.5 Å². The van der Waals surface area contributed by atoms with Crippen LogP contribution in [0.25, 0.3) is 0 Å². The summed E-state index contributed by atoms with van der Waals surface area (Å²) < 4.78 is 30.3. The lowest BCUT2D eigenvalue weighted by Gasteiger charge is -2.40. The van der Waals surface area contributed by atoms with Gasteiger partial charge in [0, 0.05) is 88.0 Å². The molecule has 23 heteroatoms. The Hall–Kier alpha value is -6.66. The fourth-order valence-corrected chi connectivity index (χ4v) is 11.0. The zero-order valence-electron chi connectivity index (χ0n) is 46.6. The van der Waals surface area contributed by atoms with Crippen molar-refractivity contribution >= 4 is 47.1 Å². The van der Waals surface area contributed by atoms with E-state index in [1.165, 1.54) is 60.3 Å². The molecular formula is C55H78N8O15. The number of carbonyl (C=O) groups is 8. The first kappa shape index (κ1) is 60.6. The van der Waals surface area contributed by atoms with Crippen molar-refractivity contribution in [3.05, 3.63) is 69.8 Å². The maximum Gasteiger partial charge on any atom is 0.325 e. The number of primary amides is 1. The third-order valence-corrected chi connectivity index (χ3v) is 15.5. The van der Waals surface area contributed by atoms with Gasteiger partial charge in [0.1, 0.15) is 35.9 Å². The van der Waals surface area contributed by atoms with Crippen LogP contribution in [0.15, 0.2) is 47.5 Å². The van der Waals surface area contributed by atoms with Crippen LogP contribution in [-0.4, -0.2) is 156 Å². The predicted octanol–water partition coefficient (Wildman–Crippen LogP) is 1.79. The number of likely N-dealkylation sites (tertiary alicyclic amines) is 1. The molecule has 11 atom stereocenters. The first-order valence-corrected chi connectivity index (χ1v) is 26.4. The van der Waals surface area contributed by atoms with Crippen molar-refractivity contribution in [2.75, 3.05) is 46.9 Å². The molecule has 4 heterocycles. The van der Waals surface area contributed by atoms with E-state index in [-0.39, 0.29) is 39.3 Å². The molecular weight excluding hydrogens is 1010 g/mol. The molecule has 1 unspecified atom stereocenters. The van der Waals surface area contributed by atoms with Gasteiger partial charge in [0.25, 0.3) is 11.7 Å². The summed E-state index contributed by atoms with van der Waals surface area (Å²) in [6.45, 7) is 17.8. The van der Waals surface area contributed by atoms with Crippen molar-refractivity contribution in [2.24, 2.45) is 41.1 Å². The van der Waals surface area contributed by atoms with E-state index < -0.39 is 144 Å². The standard InChI is InChI=1S/C55H78N8O15/c1-26(2)24-63-19-17-55(18-20-63)60-42-39-40-46(69)32(8)50-41(39)51(71)54(10,78-50)75-21-16-35(74-12)29(5)49(76-33(9)64)31(7)45(68)30(6)48(27(3)14-13-15-28(4)52(72)59-44(47(40)70)43(42)61-55)77-38(67)25-62(11)37(66)23-58-53(73)34(56)22-36(57)65/h13-16,21,26-27,29-31,34-35,42,45,48-49,60-61,68-69H,17-20,22-25,56H2,1-12H3,(H2,57,65)(H,58,73)(H,59,72)/b14-13+,21-16+,28-15-/t27-,29+,30-,31+,34-,35-,42?,45+,48-,49+,54-/m0/s1. The number of ether oxygens (including phenoxy) is 5. The Balaban J connectivity index is 1.40. The third-order valence-electron chi connectivity index (χ3n) is 15.5. The van der Waals surface area contributed by atoms with Crippen LogP contribution < -0.4 is 37.5 Å². The molecule has 6 rings (SSSR count). The number of methoxy groups -OCH3 is 1. The molecule has 0 saturated carbocycles. The highest BCUT2D eigenvalue weighted by molar-refractivity contribution is 6.19. The van der Waals surface area contributed by atoms with Crippen LogP contribution in [0.1, 0.15) is 119 Å². The molecule has 2 saturated heterocycles. The number of nitrogens with zero attached hydrogens (tertiary/aromatic N) is 2. The molecule has 2 fully saturated rings. The zero-order chi connectivity index (χ0) is 57.9. The average molecular weight is 1090 g/mol. The molecule has 428 valence electrons. The number of allylic oxidation sites excluding steroid dienone is 3. The maximum atomic E-state index is 15.0. The van der Waals surface area contributed by atoms with Crippen molar-refractivity contribution in [1.29, 1.82) is 0 Å². The molecule has 0 radical (unpaired) electrons. The summed E-state index contributed by atoms with van der Waals surface area (Å²) in [5, 5.41) is 36.6. The number of phenols is 1. The Kier molecular flexibility index (Phi) is 19.1. The maximum absolute atomic E-state index is 15.0.